The lowest BCUT2D eigenvalue weighted by atomic mass is 9.89. The molecule has 1 aliphatic heterocycles. The van der Waals surface area contributed by atoms with Crippen LogP contribution < -0.4 is 10.9 Å². The molecular formula is C21H30N2O4S. The lowest BCUT2D eigenvalue weighted by Crippen LogP contribution is -2.46. The molecule has 2 N–H and O–H groups in total. The van der Waals surface area contributed by atoms with Gasteiger partial charge in [-0.1, -0.05) is 33.1 Å². The van der Waals surface area contributed by atoms with Gasteiger partial charge in [-0.3, -0.25) is 9.59 Å². The van der Waals surface area contributed by atoms with Crippen molar-refractivity contribution in [2.45, 2.75) is 70.7 Å². The van der Waals surface area contributed by atoms with Crippen molar-refractivity contribution in [2.24, 2.45) is 11.8 Å². The van der Waals surface area contributed by atoms with Crippen molar-refractivity contribution in [3.8, 4) is 0 Å². The van der Waals surface area contributed by atoms with Gasteiger partial charge in [-0.25, -0.2) is 4.79 Å². The predicted octanol–water partition coefficient (Wildman–Crippen LogP) is 3.06. The van der Waals surface area contributed by atoms with Gasteiger partial charge >= 0.3 is 5.97 Å². The van der Waals surface area contributed by atoms with Crippen LogP contribution in [0.1, 0.15) is 67.6 Å². The fourth-order valence-electron chi connectivity index (χ4n) is 4.25. The van der Waals surface area contributed by atoms with Crippen LogP contribution in [-0.4, -0.2) is 33.3 Å². The number of pyridine rings is 1. The second kappa shape index (κ2) is 9.16. The number of nitrogens with zero attached hydrogens (tertiary/aromatic N) is 1. The number of carbonyl (C=O) groups excluding carboxylic acids is 1. The summed E-state index contributed by atoms with van der Waals surface area (Å²) in [6.45, 7) is 4.15. The summed E-state index contributed by atoms with van der Waals surface area (Å²) in [6.07, 6.45) is 6.75. The van der Waals surface area contributed by atoms with Crippen molar-refractivity contribution in [1.82, 2.24) is 9.88 Å². The number of thioether (sulfide) groups is 1. The molecule has 154 valence electrons. The van der Waals surface area contributed by atoms with Crippen LogP contribution in [0.2, 0.25) is 0 Å². The molecule has 1 atom stereocenters. The third-order valence-electron chi connectivity index (χ3n) is 5.86. The van der Waals surface area contributed by atoms with Crippen molar-refractivity contribution in [3.05, 3.63) is 33.2 Å². The predicted molar refractivity (Wildman–Crippen MR) is 111 cm³/mol. The van der Waals surface area contributed by atoms with Crippen LogP contribution in [0, 0.1) is 11.8 Å². The largest absolute Gasteiger partial charge is 0.480 e. The molecule has 0 spiro atoms. The highest BCUT2D eigenvalue weighted by Crippen LogP contribution is 2.28. The Bertz CT molecular complexity index is 796. The first-order valence-electron chi connectivity index (χ1n) is 10.3. The van der Waals surface area contributed by atoms with Gasteiger partial charge in [-0.2, -0.15) is 11.8 Å². The van der Waals surface area contributed by atoms with Crippen LogP contribution in [0.4, 0.5) is 0 Å². The number of carbonyl (C=O) groups is 2. The topological polar surface area (TPSA) is 88.4 Å². The summed E-state index contributed by atoms with van der Waals surface area (Å²) in [4.78, 5) is 37.5. The second-order valence-corrected chi connectivity index (χ2v) is 9.39. The average Bonchev–Trinajstić information content (AvgIpc) is 2.68. The molecule has 2 heterocycles. The van der Waals surface area contributed by atoms with E-state index < -0.39 is 17.9 Å². The Morgan fingerprint density at radius 2 is 2.00 bits per heavy atom. The third kappa shape index (κ3) is 4.62. The molecule has 28 heavy (non-hydrogen) atoms. The van der Waals surface area contributed by atoms with E-state index in [2.05, 4.69) is 5.32 Å². The molecule has 3 rings (SSSR count). The zero-order valence-corrected chi connectivity index (χ0v) is 17.5. The standard InChI is InChI=1S/C21H30N2O4S/c1-13(2)18(21(26)27)22-19(24)16-10-15-12-28-9-8-17(15)23(20(16)25)11-14-6-4-3-5-7-14/h10,13-14,18H,3-9,11-12H2,1-2H3,(H,22,24)(H,26,27)/t18-/m0/s1. The molecule has 1 aliphatic carbocycles. The Balaban J connectivity index is 1.95. The van der Waals surface area contributed by atoms with E-state index in [1.54, 1.807) is 31.7 Å². The first kappa shape index (κ1) is 21.0. The van der Waals surface area contributed by atoms with Gasteiger partial charge in [0.25, 0.3) is 11.5 Å². The summed E-state index contributed by atoms with van der Waals surface area (Å²) in [5.74, 6) is 0.315. The van der Waals surface area contributed by atoms with Crippen LogP contribution >= 0.6 is 11.8 Å². The highest BCUT2D eigenvalue weighted by Gasteiger charge is 2.28. The SMILES string of the molecule is CC(C)[C@H](NC(=O)c1cc2c(n(CC3CCCCC3)c1=O)CCSC2)C(=O)O. The number of hydrogen-bond donors (Lipinski definition) is 2. The van der Waals surface area contributed by atoms with Crippen LogP contribution in [0.15, 0.2) is 10.9 Å². The zero-order valence-electron chi connectivity index (χ0n) is 16.7. The first-order valence-corrected chi connectivity index (χ1v) is 11.4. The molecule has 1 saturated carbocycles. The molecule has 1 aromatic heterocycles. The number of hydrogen-bond acceptors (Lipinski definition) is 4. The molecule has 1 amide bonds. The molecule has 0 radical (unpaired) electrons. The number of carboxylic acid groups (broad SMARTS) is 1. The van der Waals surface area contributed by atoms with E-state index in [-0.39, 0.29) is 17.0 Å². The molecule has 1 fully saturated rings. The Morgan fingerprint density at radius 3 is 2.64 bits per heavy atom. The monoisotopic (exact) mass is 406 g/mol. The van der Waals surface area contributed by atoms with Crippen LogP contribution in [0.25, 0.3) is 0 Å². The van der Waals surface area contributed by atoms with E-state index in [0.29, 0.717) is 12.5 Å². The lowest BCUT2D eigenvalue weighted by Gasteiger charge is -2.27. The Labute approximate surface area is 170 Å². The fourth-order valence-corrected chi connectivity index (χ4v) is 5.20. The van der Waals surface area contributed by atoms with Crippen molar-refractivity contribution >= 4 is 23.6 Å². The maximum Gasteiger partial charge on any atom is 0.326 e. The molecule has 0 bridgehead atoms. The molecule has 1 aromatic rings. The summed E-state index contributed by atoms with van der Waals surface area (Å²) < 4.78 is 1.82. The van der Waals surface area contributed by atoms with E-state index in [9.17, 15) is 19.5 Å². The Morgan fingerprint density at radius 1 is 1.29 bits per heavy atom. The molecule has 6 nitrogen and oxygen atoms in total. The van der Waals surface area contributed by atoms with E-state index >= 15 is 0 Å². The van der Waals surface area contributed by atoms with Gasteiger partial charge in [-0.15, -0.1) is 0 Å². The third-order valence-corrected chi connectivity index (χ3v) is 6.87. The second-order valence-electron chi connectivity index (χ2n) is 8.29. The smallest absolute Gasteiger partial charge is 0.326 e. The number of aliphatic carboxylic acids is 1. The summed E-state index contributed by atoms with van der Waals surface area (Å²) in [5, 5.41) is 11.9. The quantitative estimate of drug-likeness (QED) is 0.758. The minimum absolute atomic E-state index is 0.0731. The fraction of sp³-hybridized carbons (Fsp3) is 0.667. The van der Waals surface area contributed by atoms with Gasteiger partial charge in [0, 0.05) is 18.0 Å². The first-order chi connectivity index (χ1) is 13.4. The average molecular weight is 407 g/mol. The van der Waals surface area contributed by atoms with Crippen molar-refractivity contribution in [2.75, 3.05) is 5.75 Å². The van der Waals surface area contributed by atoms with E-state index in [1.807, 2.05) is 4.57 Å². The number of aromatic nitrogens is 1. The molecular weight excluding hydrogens is 376 g/mol. The minimum Gasteiger partial charge on any atom is -0.480 e. The van der Waals surface area contributed by atoms with Crippen LogP contribution in [0.5, 0.6) is 0 Å². The van der Waals surface area contributed by atoms with Crippen molar-refractivity contribution < 1.29 is 14.7 Å². The number of nitrogens with one attached hydrogen (secondary N) is 1. The molecule has 7 heteroatoms. The van der Waals surface area contributed by atoms with Gasteiger partial charge in [-0.05, 0) is 48.5 Å². The van der Waals surface area contributed by atoms with Gasteiger partial charge in [0.05, 0.1) is 0 Å². The highest BCUT2D eigenvalue weighted by molar-refractivity contribution is 7.98. The summed E-state index contributed by atoms with van der Waals surface area (Å²) in [7, 11) is 0. The maximum absolute atomic E-state index is 13.2. The van der Waals surface area contributed by atoms with E-state index in [0.717, 1.165) is 42.0 Å². The minimum atomic E-state index is -1.08. The molecule has 0 unspecified atom stereocenters. The molecule has 0 aromatic carbocycles. The summed E-state index contributed by atoms with van der Waals surface area (Å²) in [6, 6.07) is 0.680. The van der Waals surface area contributed by atoms with Gasteiger partial charge in [0.15, 0.2) is 0 Å². The van der Waals surface area contributed by atoms with Crippen LogP contribution in [0.3, 0.4) is 0 Å². The van der Waals surface area contributed by atoms with Crippen LogP contribution in [-0.2, 0) is 23.5 Å². The summed E-state index contributed by atoms with van der Waals surface area (Å²) >= 11 is 1.80. The zero-order chi connectivity index (χ0) is 20.3. The van der Waals surface area contributed by atoms with Gasteiger partial charge in [0.1, 0.15) is 11.6 Å². The van der Waals surface area contributed by atoms with Crippen molar-refractivity contribution in [3.63, 3.8) is 0 Å². The Kier molecular flexibility index (Phi) is 6.86. The maximum atomic E-state index is 13.2. The van der Waals surface area contributed by atoms with Gasteiger partial charge in [0.2, 0.25) is 0 Å². The Hall–Kier alpha value is -1.76. The normalized spacial score (nSPS) is 18.5. The number of amides is 1. The number of rotatable bonds is 6. The van der Waals surface area contributed by atoms with Gasteiger partial charge < -0.3 is 15.0 Å². The van der Waals surface area contributed by atoms with E-state index in [1.165, 1.54) is 19.3 Å². The van der Waals surface area contributed by atoms with E-state index in [4.69, 9.17) is 0 Å². The summed E-state index contributed by atoms with van der Waals surface area (Å²) in [5.41, 5.74) is 1.89. The molecule has 2 aliphatic rings. The lowest BCUT2D eigenvalue weighted by molar-refractivity contribution is -0.140. The van der Waals surface area contributed by atoms with Crippen molar-refractivity contribution in [1.29, 1.82) is 0 Å². The molecule has 0 saturated heterocycles. The highest BCUT2D eigenvalue weighted by atomic mass is 32.2. The number of fused-ring (bicyclic) bond motifs is 1. The number of carboxylic acids is 1.